The second kappa shape index (κ2) is 2.32. The topological polar surface area (TPSA) is 0 Å². The van der Waals surface area contributed by atoms with Gasteiger partial charge in [0.25, 0.3) is 0 Å². The molecule has 0 aromatic rings. The summed E-state index contributed by atoms with van der Waals surface area (Å²) in [5, 5.41) is 0. The summed E-state index contributed by atoms with van der Waals surface area (Å²) < 4.78 is 61.2. The van der Waals surface area contributed by atoms with E-state index in [1.54, 1.807) is 0 Å². The Bertz CT molecular complexity index is 153. The van der Waals surface area contributed by atoms with Crippen LogP contribution in [0, 0.1) is 0 Å². The normalized spacial score (nSPS) is 35.2. The van der Waals surface area contributed by atoms with Crippen molar-refractivity contribution in [1.82, 2.24) is 0 Å². The van der Waals surface area contributed by atoms with Crippen molar-refractivity contribution in [2.45, 2.75) is 37.3 Å². The Labute approximate surface area is 60.4 Å². The van der Waals surface area contributed by atoms with E-state index in [4.69, 9.17) is 0 Å². The maximum atomic E-state index is 12.2. The molecule has 0 aliphatic heterocycles. The zero-order valence-electron chi connectivity index (χ0n) is 5.59. The second-order valence-electron chi connectivity index (χ2n) is 2.75. The van der Waals surface area contributed by atoms with Crippen molar-refractivity contribution in [2.24, 2.45) is 0 Å². The van der Waals surface area contributed by atoms with Crippen LogP contribution in [0.15, 0.2) is 0 Å². The van der Waals surface area contributed by atoms with Gasteiger partial charge in [-0.15, -0.1) is 0 Å². The molecule has 1 unspecified atom stereocenters. The largest absolute Gasteiger partial charge is 0.313 e. The van der Waals surface area contributed by atoms with Gasteiger partial charge in [0.1, 0.15) is 6.17 Å². The quantitative estimate of drug-likeness (QED) is 0.495. The molecule has 1 aliphatic rings. The first kappa shape index (κ1) is 8.74. The van der Waals surface area contributed by atoms with E-state index >= 15 is 0 Å². The van der Waals surface area contributed by atoms with Gasteiger partial charge in [-0.2, -0.15) is 17.6 Å². The van der Waals surface area contributed by atoms with Crippen LogP contribution in [-0.4, -0.2) is 18.0 Å². The van der Waals surface area contributed by atoms with E-state index in [1.165, 1.54) is 0 Å². The van der Waals surface area contributed by atoms with Gasteiger partial charge in [-0.3, -0.25) is 0 Å². The van der Waals surface area contributed by atoms with E-state index in [1.807, 2.05) is 0 Å². The molecule has 1 fully saturated rings. The minimum absolute atomic E-state index is 0.470. The molecule has 0 heterocycles. The minimum atomic E-state index is -4.16. The smallest absolute Gasteiger partial charge is 0.247 e. The Kier molecular flexibility index (Phi) is 1.84. The lowest BCUT2D eigenvalue weighted by Crippen LogP contribution is -2.46. The maximum Gasteiger partial charge on any atom is 0.313 e. The highest BCUT2D eigenvalue weighted by atomic mass is 19.3. The molecule has 1 rings (SSSR count). The van der Waals surface area contributed by atoms with Crippen LogP contribution in [0.5, 0.6) is 0 Å². The summed E-state index contributed by atoms with van der Waals surface area (Å²) in [4.78, 5) is 0. The van der Waals surface area contributed by atoms with Gasteiger partial charge in [0.2, 0.25) is 0 Å². The Morgan fingerprint density at radius 1 is 1.00 bits per heavy atom. The highest BCUT2D eigenvalue weighted by Crippen LogP contribution is 2.46. The summed E-state index contributed by atoms with van der Waals surface area (Å²) in [5.41, 5.74) is 0. The molecule has 0 amide bonds. The van der Waals surface area contributed by atoms with Crippen LogP contribution in [0.2, 0.25) is 0 Å². The lowest BCUT2D eigenvalue weighted by atomic mass is 9.91. The van der Waals surface area contributed by atoms with Crippen molar-refractivity contribution in [2.75, 3.05) is 0 Å². The standard InChI is InChI=1S/C6H7F5/c7-4-1-2-5(8,9)6(10,11)3-4/h4H,1-3H2. The Balaban J connectivity index is 2.72. The van der Waals surface area contributed by atoms with E-state index in [9.17, 15) is 22.0 Å². The van der Waals surface area contributed by atoms with Gasteiger partial charge in [-0.1, -0.05) is 0 Å². The van der Waals surface area contributed by atoms with Gasteiger partial charge in [0.05, 0.1) is 0 Å². The van der Waals surface area contributed by atoms with Crippen molar-refractivity contribution in [1.29, 1.82) is 0 Å². The zero-order valence-corrected chi connectivity index (χ0v) is 5.59. The van der Waals surface area contributed by atoms with Gasteiger partial charge in [0, 0.05) is 12.8 Å². The van der Waals surface area contributed by atoms with Gasteiger partial charge < -0.3 is 0 Å². The van der Waals surface area contributed by atoms with Crippen molar-refractivity contribution in [3.63, 3.8) is 0 Å². The van der Waals surface area contributed by atoms with Crippen molar-refractivity contribution < 1.29 is 22.0 Å². The Hall–Kier alpha value is -0.350. The fourth-order valence-corrected chi connectivity index (χ4v) is 1.05. The first-order valence-corrected chi connectivity index (χ1v) is 3.25. The van der Waals surface area contributed by atoms with E-state index in [0.717, 1.165) is 0 Å². The lowest BCUT2D eigenvalue weighted by molar-refractivity contribution is -0.238. The van der Waals surface area contributed by atoms with E-state index in [0.29, 0.717) is 0 Å². The molecule has 1 saturated carbocycles. The molecule has 0 nitrogen and oxygen atoms in total. The molecule has 66 valence electrons. The van der Waals surface area contributed by atoms with E-state index in [-0.39, 0.29) is 0 Å². The van der Waals surface area contributed by atoms with Gasteiger partial charge in [-0.05, 0) is 6.42 Å². The van der Waals surface area contributed by atoms with Crippen LogP contribution in [0.3, 0.4) is 0 Å². The molecule has 0 radical (unpaired) electrons. The maximum absolute atomic E-state index is 12.2. The lowest BCUT2D eigenvalue weighted by Gasteiger charge is -2.32. The fourth-order valence-electron chi connectivity index (χ4n) is 1.05. The summed E-state index contributed by atoms with van der Waals surface area (Å²) >= 11 is 0. The van der Waals surface area contributed by atoms with Gasteiger partial charge >= 0.3 is 11.8 Å². The number of hydrogen-bond donors (Lipinski definition) is 0. The summed E-state index contributed by atoms with van der Waals surface area (Å²) in [6.45, 7) is 0. The predicted octanol–water partition coefficient (Wildman–Crippen LogP) is 2.78. The fraction of sp³-hybridized carbons (Fsp3) is 1.00. The molecular weight excluding hydrogens is 167 g/mol. The third-order valence-electron chi connectivity index (χ3n) is 1.78. The molecule has 0 bridgehead atoms. The average Bonchev–Trinajstić information content (AvgIpc) is 1.80. The third-order valence-corrected chi connectivity index (χ3v) is 1.78. The van der Waals surface area contributed by atoms with Crippen molar-refractivity contribution >= 4 is 0 Å². The van der Waals surface area contributed by atoms with Crippen LogP contribution in [-0.2, 0) is 0 Å². The molecule has 0 spiro atoms. The molecule has 1 atom stereocenters. The van der Waals surface area contributed by atoms with Crippen LogP contribution in [0.1, 0.15) is 19.3 Å². The monoisotopic (exact) mass is 174 g/mol. The van der Waals surface area contributed by atoms with E-state index in [2.05, 4.69) is 0 Å². The molecule has 0 saturated heterocycles. The van der Waals surface area contributed by atoms with Crippen LogP contribution in [0.4, 0.5) is 22.0 Å². The minimum Gasteiger partial charge on any atom is -0.247 e. The molecule has 0 aromatic carbocycles. The number of alkyl halides is 5. The average molecular weight is 174 g/mol. The number of rotatable bonds is 0. The summed E-state index contributed by atoms with van der Waals surface area (Å²) in [6, 6.07) is 0. The summed E-state index contributed by atoms with van der Waals surface area (Å²) in [6.07, 6.45) is -4.66. The van der Waals surface area contributed by atoms with Gasteiger partial charge in [0.15, 0.2) is 0 Å². The predicted molar refractivity (Wildman–Crippen MR) is 28.6 cm³/mol. The Morgan fingerprint density at radius 2 is 1.55 bits per heavy atom. The molecule has 11 heavy (non-hydrogen) atoms. The first-order chi connectivity index (χ1) is 4.85. The first-order valence-electron chi connectivity index (χ1n) is 3.25. The molecule has 1 aliphatic carbocycles. The van der Waals surface area contributed by atoms with Crippen molar-refractivity contribution in [3.05, 3.63) is 0 Å². The second-order valence-corrected chi connectivity index (χ2v) is 2.75. The number of hydrogen-bond acceptors (Lipinski definition) is 0. The van der Waals surface area contributed by atoms with Crippen LogP contribution >= 0.6 is 0 Å². The summed E-state index contributed by atoms with van der Waals surface area (Å²) in [7, 11) is 0. The molecule has 0 N–H and O–H groups in total. The highest BCUT2D eigenvalue weighted by molar-refractivity contribution is 4.92. The molecule has 5 heteroatoms. The highest BCUT2D eigenvalue weighted by Gasteiger charge is 2.59. The van der Waals surface area contributed by atoms with Crippen LogP contribution < -0.4 is 0 Å². The number of halogens is 5. The summed E-state index contributed by atoms with van der Waals surface area (Å²) in [5.74, 6) is -8.18. The third kappa shape index (κ3) is 1.46. The zero-order chi connectivity index (χ0) is 8.70. The van der Waals surface area contributed by atoms with Gasteiger partial charge in [-0.25, -0.2) is 4.39 Å². The van der Waals surface area contributed by atoms with Crippen molar-refractivity contribution in [3.8, 4) is 0 Å². The SMILES string of the molecule is FC1CCC(F)(F)C(F)(F)C1. The molecular formula is C6H7F5. The van der Waals surface area contributed by atoms with Crippen LogP contribution in [0.25, 0.3) is 0 Å². The molecule has 0 aromatic heterocycles. The Morgan fingerprint density at radius 3 is 1.91 bits per heavy atom. The van der Waals surface area contributed by atoms with E-state index < -0.39 is 37.3 Å².